The Morgan fingerprint density at radius 1 is 1.50 bits per heavy atom. The van der Waals surface area contributed by atoms with Crippen LogP contribution in [0, 0.1) is 9.39 Å². The van der Waals surface area contributed by atoms with Gasteiger partial charge in [0.1, 0.15) is 5.82 Å². The van der Waals surface area contributed by atoms with Crippen molar-refractivity contribution in [1.29, 1.82) is 0 Å². The number of halogens is 2. The van der Waals surface area contributed by atoms with Gasteiger partial charge >= 0.3 is 0 Å². The van der Waals surface area contributed by atoms with Gasteiger partial charge in [-0.15, -0.1) is 0 Å². The minimum atomic E-state index is -0.363. The summed E-state index contributed by atoms with van der Waals surface area (Å²) in [7, 11) is 0. The van der Waals surface area contributed by atoms with Crippen molar-refractivity contribution in [1.82, 2.24) is 9.78 Å². The Balaban J connectivity index is 2.60. The van der Waals surface area contributed by atoms with Gasteiger partial charge in [-0.3, -0.25) is 0 Å². The summed E-state index contributed by atoms with van der Waals surface area (Å²) in [5, 5.41) is 4.16. The lowest BCUT2D eigenvalue weighted by Crippen LogP contribution is -2.12. The van der Waals surface area contributed by atoms with Crippen LogP contribution in [0.5, 0.6) is 0 Å². The van der Waals surface area contributed by atoms with Crippen LogP contribution in [-0.4, -0.2) is 9.78 Å². The van der Waals surface area contributed by atoms with Crippen LogP contribution < -0.4 is 5.73 Å². The summed E-state index contributed by atoms with van der Waals surface area (Å²) in [5.74, 6) is -0.294. The van der Waals surface area contributed by atoms with E-state index >= 15 is 0 Å². The molecule has 2 rings (SSSR count). The molecule has 2 aromatic rings. The lowest BCUT2D eigenvalue weighted by atomic mass is 10.1. The monoisotopic (exact) mass is 331 g/mol. The first kappa shape index (κ1) is 11.5. The van der Waals surface area contributed by atoms with E-state index < -0.39 is 0 Å². The first-order valence-electron chi connectivity index (χ1n) is 4.84. The summed E-state index contributed by atoms with van der Waals surface area (Å²) < 4.78 is 16.3. The Bertz CT molecular complexity index is 508. The fourth-order valence-corrected chi connectivity index (χ4v) is 2.00. The number of hydrogen-bond acceptors (Lipinski definition) is 2. The summed E-state index contributed by atoms with van der Waals surface area (Å²) in [5.41, 5.74) is 6.96. The van der Waals surface area contributed by atoms with Gasteiger partial charge < -0.3 is 5.73 Å². The molecule has 0 aliphatic rings. The molecule has 0 saturated carbocycles. The standard InChI is InChI=1S/C11H11FIN3/c1-7(14)11-9(12)3-2-4-10(11)16-6-8(13)5-15-16/h2-7H,14H2,1H3/t7-/m1/s1. The predicted molar refractivity (Wildman–Crippen MR) is 68.8 cm³/mol. The summed E-state index contributed by atoms with van der Waals surface area (Å²) in [6.07, 6.45) is 3.55. The lowest BCUT2D eigenvalue weighted by Gasteiger charge is -2.13. The molecule has 0 bridgehead atoms. The molecule has 0 radical (unpaired) electrons. The fraction of sp³-hybridized carbons (Fsp3) is 0.182. The van der Waals surface area contributed by atoms with Crippen molar-refractivity contribution in [2.75, 3.05) is 0 Å². The number of rotatable bonds is 2. The highest BCUT2D eigenvalue weighted by Crippen LogP contribution is 2.23. The van der Waals surface area contributed by atoms with Crippen molar-refractivity contribution in [3.8, 4) is 5.69 Å². The van der Waals surface area contributed by atoms with Crippen LogP contribution in [0.15, 0.2) is 30.6 Å². The minimum absolute atomic E-state index is 0.294. The zero-order valence-corrected chi connectivity index (χ0v) is 10.8. The molecular formula is C11H11FIN3. The topological polar surface area (TPSA) is 43.8 Å². The average molecular weight is 331 g/mol. The molecule has 0 amide bonds. The molecule has 1 atom stereocenters. The molecule has 16 heavy (non-hydrogen) atoms. The van der Waals surface area contributed by atoms with Crippen molar-refractivity contribution >= 4 is 22.6 Å². The zero-order valence-electron chi connectivity index (χ0n) is 8.69. The molecule has 0 saturated heterocycles. The highest BCUT2D eigenvalue weighted by molar-refractivity contribution is 14.1. The molecule has 1 aromatic heterocycles. The van der Waals surface area contributed by atoms with E-state index in [1.54, 1.807) is 23.9 Å². The molecule has 0 unspecified atom stereocenters. The Labute approximate surface area is 107 Å². The van der Waals surface area contributed by atoms with Gasteiger partial charge in [-0.1, -0.05) is 6.07 Å². The molecule has 84 valence electrons. The predicted octanol–water partition coefficient (Wildman–Crippen LogP) is 2.64. The first-order chi connectivity index (χ1) is 7.59. The maximum atomic E-state index is 13.7. The SMILES string of the molecule is C[C@@H](N)c1c(F)cccc1-n1cc(I)cn1. The number of benzene rings is 1. The van der Waals surface area contributed by atoms with E-state index in [9.17, 15) is 4.39 Å². The average Bonchev–Trinajstić information content (AvgIpc) is 2.63. The van der Waals surface area contributed by atoms with Crippen LogP contribution in [0.25, 0.3) is 5.69 Å². The van der Waals surface area contributed by atoms with Crippen molar-refractivity contribution in [2.24, 2.45) is 5.73 Å². The second kappa shape index (κ2) is 4.50. The Morgan fingerprint density at radius 3 is 2.81 bits per heavy atom. The molecule has 5 heteroatoms. The van der Waals surface area contributed by atoms with Crippen LogP contribution in [-0.2, 0) is 0 Å². The second-order valence-corrected chi connectivity index (χ2v) is 4.81. The van der Waals surface area contributed by atoms with Crippen LogP contribution in [0.4, 0.5) is 4.39 Å². The molecule has 0 spiro atoms. The summed E-state index contributed by atoms with van der Waals surface area (Å²) in [4.78, 5) is 0. The van der Waals surface area contributed by atoms with Gasteiger partial charge in [-0.25, -0.2) is 9.07 Å². The highest BCUT2D eigenvalue weighted by atomic mass is 127. The Hall–Kier alpha value is -0.950. The highest BCUT2D eigenvalue weighted by Gasteiger charge is 2.14. The summed E-state index contributed by atoms with van der Waals surface area (Å²) in [6, 6.07) is 4.52. The van der Waals surface area contributed by atoms with E-state index in [1.165, 1.54) is 6.07 Å². The van der Waals surface area contributed by atoms with Gasteiger partial charge in [0.05, 0.1) is 15.5 Å². The molecule has 2 N–H and O–H groups in total. The third kappa shape index (κ3) is 2.10. The third-order valence-corrected chi connectivity index (χ3v) is 2.84. The summed E-state index contributed by atoms with van der Waals surface area (Å²) in [6.45, 7) is 1.76. The van der Waals surface area contributed by atoms with E-state index in [2.05, 4.69) is 27.7 Å². The van der Waals surface area contributed by atoms with Crippen LogP contribution >= 0.6 is 22.6 Å². The summed E-state index contributed by atoms with van der Waals surface area (Å²) >= 11 is 2.16. The first-order valence-corrected chi connectivity index (χ1v) is 5.92. The maximum absolute atomic E-state index is 13.7. The van der Waals surface area contributed by atoms with Crippen molar-refractivity contribution in [2.45, 2.75) is 13.0 Å². The number of aromatic nitrogens is 2. The number of nitrogens with two attached hydrogens (primary N) is 1. The minimum Gasteiger partial charge on any atom is -0.324 e. The van der Waals surface area contributed by atoms with E-state index in [0.29, 0.717) is 11.3 Å². The van der Waals surface area contributed by atoms with Crippen LogP contribution in [0.1, 0.15) is 18.5 Å². The largest absolute Gasteiger partial charge is 0.324 e. The normalized spacial score (nSPS) is 12.8. The molecule has 3 nitrogen and oxygen atoms in total. The van der Waals surface area contributed by atoms with Crippen molar-refractivity contribution in [3.63, 3.8) is 0 Å². The Kier molecular flexibility index (Phi) is 3.25. The number of nitrogens with zero attached hydrogens (tertiary/aromatic N) is 2. The van der Waals surface area contributed by atoms with Crippen molar-refractivity contribution < 1.29 is 4.39 Å². The van der Waals surface area contributed by atoms with E-state index in [4.69, 9.17) is 5.73 Å². The van der Waals surface area contributed by atoms with Gasteiger partial charge in [0.25, 0.3) is 0 Å². The molecular weight excluding hydrogens is 320 g/mol. The molecule has 1 aromatic carbocycles. The molecule has 0 aliphatic carbocycles. The van der Waals surface area contributed by atoms with E-state index in [1.807, 2.05) is 12.3 Å². The van der Waals surface area contributed by atoms with Gasteiger partial charge in [-0.2, -0.15) is 5.10 Å². The van der Waals surface area contributed by atoms with Crippen LogP contribution in [0.3, 0.4) is 0 Å². The quantitative estimate of drug-likeness (QED) is 0.860. The zero-order chi connectivity index (χ0) is 11.7. The Morgan fingerprint density at radius 2 is 2.25 bits per heavy atom. The second-order valence-electron chi connectivity index (χ2n) is 3.56. The third-order valence-electron chi connectivity index (χ3n) is 2.28. The van der Waals surface area contributed by atoms with E-state index in [-0.39, 0.29) is 11.9 Å². The van der Waals surface area contributed by atoms with Gasteiger partial charge in [0.2, 0.25) is 0 Å². The maximum Gasteiger partial charge on any atom is 0.130 e. The smallest absolute Gasteiger partial charge is 0.130 e. The fourth-order valence-electron chi connectivity index (χ4n) is 1.61. The van der Waals surface area contributed by atoms with Gasteiger partial charge in [-0.05, 0) is 41.6 Å². The number of hydrogen-bond donors (Lipinski definition) is 1. The van der Waals surface area contributed by atoms with E-state index in [0.717, 1.165) is 3.57 Å². The lowest BCUT2D eigenvalue weighted by molar-refractivity contribution is 0.589. The molecule has 0 fully saturated rings. The van der Waals surface area contributed by atoms with Crippen molar-refractivity contribution in [3.05, 3.63) is 45.5 Å². The van der Waals surface area contributed by atoms with Crippen LogP contribution in [0.2, 0.25) is 0 Å². The van der Waals surface area contributed by atoms with Gasteiger partial charge in [0, 0.05) is 17.8 Å². The molecule has 1 heterocycles. The molecule has 0 aliphatic heterocycles. The van der Waals surface area contributed by atoms with Gasteiger partial charge in [0.15, 0.2) is 0 Å².